The number of aromatic carboxylic acids is 1. The molecule has 2 rings (SSSR count). The zero-order valence-electron chi connectivity index (χ0n) is 9.09. The molecule has 5 nitrogen and oxygen atoms in total. The highest BCUT2D eigenvalue weighted by atomic mass is 16.4. The number of hydrogen-bond acceptors (Lipinski definition) is 3. The van der Waals surface area contributed by atoms with Gasteiger partial charge in [-0.25, -0.2) is 4.79 Å². The molecule has 0 fully saturated rings. The minimum Gasteiger partial charge on any atom is -0.478 e. The van der Waals surface area contributed by atoms with Gasteiger partial charge in [-0.1, -0.05) is 12.2 Å². The van der Waals surface area contributed by atoms with Gasteiger partial charge in [-0.2, -0.15) is 0 Å². The summed E-state index contributed by atoms with van der Waals surface area (Å²) in [7, 11) is 0. The van der Waals surface area contributed by atoms with Gasteiger partial charge < -0.3 is 10.4 Å². The first-order valence-electron chi connectivity index (χ1n) is 5.31. The van der Waals surface area contributed by atoms with Gasteiger partial charge in [-0.3, -0.25) is 9.78 Å². The predicted octanol–water partition coefficient (Wildman–Crippen LogP) is 1.68. The zero-order chi connectivity index (χ0) is 12.3. The Labute approximate surface area is 98.2 Å². The number of allylic oxidation sites excluding steroid dienone is 2. The minimum absolute atomic E-state index is 0.0549. The van der Waals surface area contributed by atoms with Crippen molar-refractivity contribution in [2.24, 2.45) is 5.92 Å². The number of hydrogen-bond donors (Lipinski definition) is 2. The molecule has 1 aromatic heterocycles. The highest BCUT2D eigenvalue weighted by Gasteiger charge is 2.21. The SMILES string of the molecule is O=C(O)c1ccncc1NC(=O)C1CC=CC1. The van der Waals surface area contributed by atoms with Crippen LogP contribution in [-0.4, -0.2) is 22.0 Å². The molecule has 1 amide bonds. The van der Waals surface area contributed by atoms with Crippen molar-refractivity contribution in [2.75, 3.05) is 5.32 Å². The van der Waals surface area contributed by atoms with Crippen molar-refractivity contribution in [3.05, 3.63) is 36.2 Å². The summed E-state index contributed by atoms with van der Waals surface area (Å²) in [6.45, 7) is 0. The molecule has 5 heteroatoms. The Morgan fingerprint density at radius 1 is 1.35 bits per heavy atom. The van der Waals surface area contributed by atoms with Crippen LogP contribution in [-0.2, 0) is 4.79 Å². The van der Waals surface area contributed by atoms with E-state index in [1.54, 1.807) is 0 Å². The summed E-state index contributed by atoms with van der Waals surface area (Å²) in [6, 6.07) is 1.37. The maximum absolute atomic E-state index is 11.8. The quantitative estimate of drug-likeness (QED) is 0.777. The van der Waals surface area contributed by atoms with Crippen LogP contribution in [0.1, 0.15) is 23.2 Å². The highest BCUT2D eigenvalue weighted by molar-refractivity contribution is 6.01. The number of carboxylic acids is 1. The van der Waals surface area contributed by atoms with Crippen LogP contribution in [0.5, 0.6) is 0 Å². The number of nitrogens with one attached hydrogen (secondary N) is 1. The third kappa shape index (κ3) is 2.50. The molecule has 0 saturated heterocycles. The molecule has 88 valence electrons. The Balaban J connectivity index is 2.12. The Morgan fingerprint density at radius 3 is 2.71 bits per heavy atom. The molecular weight excluding hydrogens is 220 g/mol. The molecule has 0 aromatic carbocycles. The third-order valence-corrected chi connectivity index (χ3v) is 2.69. The summed E-state index contributed by atoms with van der Waals surface area (Å²) in [4.78, 5) is 26.6. The molecule has 0 saturated carbocycles. The minimum atomic E-state index is -1.08. The number of amides is 1. The van der Waals surface area contributed by atoms with Crippen molar-refractivity contribution < 1.29 is 14.7 Å². The van der Waals surface area contributed by atoms with Crippen molar-refractivity contribution in [3.8, 4) is 0 Å². The number of carboxylic acid groups (broad SMARTS) is 1. The van der Waals surface area contributed by atoms with Crippen LogP contribution in [0.15, 0.2) is 30.6 Å². The average molecular weight is 232 g/mol. The monoisotopic (exact) mass is 232 g/mol. The standard InChI is InChI=1S/C12H12N2O3/c15-11(8-3-1-2-4-8)14-10-7-13-6-5-9(10)12(16)17/h1-2,5-8H,3-4H2,(H,14,15)(H,16,17). The number of aromatic nitrogens is 1. The number of carbonyl (C=O) groups excluding carboxylic acids is 1. The fraction of sp³-hybridized carbons (Fsp3) is 0.250. The van der Waals surface area contributed by atoms with Crippen LogP contribution < -0.4 is 5.32 Å². The van der Waals surface area contributed by atoms with Crippen molar-refractivity contribution in [1.29, 1.82) is 0 Å². The fourth-order valence-corrected chi connectivity index (χ4v) is 1.75. The average Bonchev–Trinajstić information content (AvgIpc) is 2.83. The van der Waals surface area contributed by atoms with E-state index >= 15 is 0 Å². The second-order valence-electron chi connectivity index (χ2n) is 3.86. The fourth-order valence-electron chi connectivity index (χ4n) is 1.75. The van der Waals surface area contributed by atoms with E-state index in [-0.39, 0.29) is 23.1 Å². The van der Waals surface area contributed by atoms with Gasteiger partial charge in [0.25, 0.3) is 0 Å². The molecule has 2 N–H and O–H groups in total. The first kappa shape index (κ1) is 11.3. The molecule has 0 radical (unpaired) electrons. The van der Waals surface area contributed by atoms with Crippen LogP contribution >= 0.6 is 0 Å². The van der Waals surface area contributed by atoms with Gasteiger partial charge in [0, 0.05) is 12.1 Å². The van der Waals surface area contributed by atoms with E-state index in [1.807, 2.05) is 12.2 Å². The van der Waals surface area contributed by atoms with E-state index in [0.29, 0.717) is 12.8 Å². The van der Waals surface area contributed by atoms with Gasteiger partial charge in [-0.15, -0.1) is 0 Å². The summed E-state index contributed by atoms with van der Waals surface area (Å²) in [5.41, 5.74) is 0.302. The van der Waals surface area contributed by atoms with Crippen molar-refractivity contribution in [1.82, 2.24) is 4.98 Å². The van der Waals surface area contributed by atoms with E-state index in [1.165, 1.54) is 18.5 Å². The first-order chi connectivity index (χ1) is 8.18. The molecule has 0 aliphatic heterocycles. The number of carbonyl (C=O) groups is 2. The summed E-state index contributed by atoms with van der Waals surface area (Å²) < 4.78 is 0. The van der Waals surface area contributed by atoms with E-state index in [4.69, 9.17) is 5.11 Å². The Kier molecular flexibility index (Phi) is 3.18. The zero-order valence-corrected chi connectivity index (χ0v) is 9.09. The number of nitrogens with zero attached hydrogens (tertiary/aromatic N) is 1. The van der Waals surface area contributed by atoms with E-state index in [2.05, 4.69) is 10.3 Å². The lowest BCUT2D eigenvalue weighted by Gasteiger charge is -2.11. The molecule has 1 heterocycles. The van der Waals surface area contributed by atoms with Gasteiger partial charge >= 0.3 is 5.97 Å². The van der Waals surface area contributed by atoms with E-state index in [0.717, 1.165) is 0 Å². The second kappa shape index (κ2) is 4.78. The number of rotatable bonds is 3. The molecule has 0 unspecified atom stereocenters. The van der Waals surface area contributed by atoms with Crippen LogP contribution in [0.25, 0.3) is 0 Å². The lowest BCUT2D eigenvalue weighted by atomic mass is 10.1. The van der Waals surface area contributed by atoms with Gasteiger partial charge in [0.2, 0.25) is 5.91 Å². The highest BCUT2D eigenvalue weighted by Crippen LogP contribution is 2.21. The molecule has 17 heavy (non-hydrogen) atoms. The van der Waals surface area contributed by atoms with Crippen LogP contribution in [0, 0.1) is 5.92 Å². The maximum atomic E-state index is 11.8. The number of anilines is 1. The second-order valence-corrected chi connectivity index (χ2v) is 3.86. The maximum Gasteiger partial charge on any atom is 0.337 e. The Morgan fingerprint density at radius 2 is 2.06 bits per heavy atom. The summed E-state index contributed by atoms with van der Waals surface area (Å²) >= 11 is 0. The van der Waals surface area contributed by atoms with Crippen LogP contribution in [0.3, 0.4) is 0 Å². The van der Waals surface area contributed by atoms with Crippen molar-refractivity contribution in [2.45, 2.75) is 12.8 Å². The van der Waals surface area contributed by atoms with Gasteiger partial charge in [0.15, 0.2) is 0 Å². The van der Waals surface area contributed by atoms with Gasteiger partial charge in [-0.05, 0) is 18.9 Å². The van der Waals surface area contributed by atoms with Crippen LogP contribution in [0.2, 0.25) is 0 Å². The molecule has 1 aromatic rings. The molecule has 0 spiro atoms. The van der Waals surface area contributed by atoms with Gasteiger partial charge in [0.1, 0.15) is 0 Å². The normalized spacial score (nSPS) is 14.8. The Bertz CT molecular complexity index is 474. The van der Waals surface area contributed by atoms with Crippen molar-refractivity contribution >= 4 is 17.6 Å². The predicted molar refractivity (Wildman–Crippen MR) is 61.7 cm³/mol. The largest absolute Gasteiger partial charge is 0.478 e. The third-order valence-electron chi connectivity index (χ3n) is 2.69. The lowest BCUT2D eigenvalue weighted by Crippen LogP contribution is -2.22. The number of pyridine rings is 1. The Hall–Kier alpha value is -2.17. The van der Waals surface area contributed by atoms with Crippen molar-refractivity contribution in [3.63, 3.8) is 0 Å². The van der Waals surface area contributed by atoms with E-state index < -0.39 is 5.97 Å². The van der Waals surface area contributed by atoms with Gasteiger partial charge in [0.05, 0.1) is 17.4 Å². The summed E-state index contributed by atoms with van der Waals surface area (Å²) in [6.07, 6.45) is 8.04. The van der Waals surface area contributed by atoms with E-state index in [9.17, 15) is 9.59 Å². The lowest BCUT2D eigenvalue weighted by molar-refractivity contribution is -0.119. The molecular formula is C12H12N2O3. The van der Waals surface area contributed by atoms with Crippen LogP contribution in [0.4, 0.5) is 5.69 Å². The molecule has 0 atom stereocenters. The first-order valence-corrected chi connectivity index (χ1v) is 5.31. The topological polar surface area (TPSA) is 79.3 Å². The summed E-state index contributed by atoms with van der Waals surface area (Å²) in [5, 5.41) is 11.6. The molecule has 0 bridgehead atoms. The smallest absolute Gasteiger partial charge is 0.337 e. The molecule has 1 aliphatic rings. The summed E-state index contributed by atoms with van der Waals surface area (Å²) in [5.74, 6) is -1.34. The molecule has 1 aliphatic carbocycles.